The van der Waals surface area contributed by atoms with Crippen LogP contribution in [-0.2, 0) is 16.6 Å². The number of aryl methyl sites for hydroxylation is 2. The van der Waals surface area contributed by atoms with Gasteiger partial charge in [0.1, 0.15) is 10.6 Å². The van der Waals surface area contributed by atoms with Gasteiger partial charge in [0.05, 0.1) is 0 Å². The average Bonchev–Trinajstić information content (AvgIpc) is 2.77. The van der Waals surface area contributed by atoms with Crippen LogP contribution in [0.4, 0.5) is 0 Å². The maximum atomic E-state index is 12.3. The zero-order valence-corrected chi connectivity index (χ0v) is 14.7. The second-order valence-electron chi connectivity index (χ2n) is 5.29. The molecule has 0 aliphatic heterocycles. The molecule has 1 heterocycles. The van der Waals surface area contributed by atoms with E-state index < -0.39 is 10.0 Å². The summed E-state index contributed by atoms with van der Waals surface area (Å²) in [6.45, 7) is 7.71. The fourth-order valence-corrected chi connectivity index (χ4v) is 4.25. The lowest BCUT2D eigenvalue weighted by molar-refractivity contribution is 0.390. The molecule has 0 atom stereocenters. The van der Waals surface area contributed by atoms with Crippen molar-refractivity contribution in [3.63, 3.8) is 0 Å². The quantitative estimate of drug-likeness (QED) is 0.817. The number of aromatic nitrogens is 1. The van der Waals surface area contributed by atoms with E-state index in [2.05, 4.69) is 23.7 Å². The molecular formula is C15H20N2O3S2. The van der Waals surface area contributed by atoms with Gasteiger partial charge >= 0.3 is 0 Å². The zero-order valence-electron chi connectivity index (χ0n) is 13.1. The molecule has 2 aromatic rings. The Morgan fingerprint density at radius 2 is 1.86 bits per heavy atom. The molecule has 0 aliphatic carbocycles. The second kappa shape index (κ2) is 6.85. The molecule has 120 valence electrons. The number of hydrogen-bond acceptors (Lipinski definition) is 5. The third-order valence-corrected chi connectivity index (χ3v) is 5.66. The van der Waals surface area contributed by atoms with Crippen LogP contribution in [0, 0.1) is 13.8 Å². The molecule has 0 amide bonds. The van der Waals surface area contributed by atoms with Crippen molar-refractivity contribution in [2.45, 2.75) is 49.3 Å². The van der Waals surface area contributed by atoms with E-state index in [-0.39, 0.29) is 11.4 Å². The highest BCUT2D eigenvalue weighted by atomic mass is 32.2. The first-order chi connectivity index (χ1) is 10.3. The van der Waals surface area contributed by atoms with E-state index in [1.165, 1.54) is 4.90 Å². The Balaban J connectivity index is 2.06. The normalized spacial score (nSPS) is 12.0. The summed E-state index contributed by atoms with van der Waals surface area (Å²) in [5.74, 6) is 0.300. The number of nitrogens with one attached hydrogen (secondary N) is 1. The van der Waals surface area contributed by atoms with Crippen molar-refractivity contribution in [3.05, 3.63) is 41.3 Å². The van der Waals surface area contributed by atoms with Gasteiger partial charge < -0.3 is 4.52 Å². The van der Waals surface area contributed by atoms with E-state index in [1.807, 2.05) is 24.3 Å². The van der Waals surface area contributed by atoms with Gasteiger partial charge in [0.2, 0.25) is 10.0 Å². The molecule has 0 bridgehead atoms. The molecule has 0 saturated heterocycles. The van der Waals surface area contributed by atoms with Gasteiger partial charge in [-0.05, 0) is 31.5 Å². The van der Waals surface area contributed by atoms with Crippen molar-refractivity contribution in [3.8, 4) is 0 Å². The van der Waals surface area contributed by atoms with Crippen molar-refractivity contribution in [1.82, 2.24) is 9.88 Å². The number of nitrogens with zero attached hydrogens (tertiary/aromatic N) is 1. The Morgan fingerprint density at radius 1 is 1.23 bits per heavy atom. The SMILES string of the molecule is Cc1noc(C)c1S(=O)(=O)NCc1ccc(SC(C)C)cc1. The van der Waals surface area contributed by atoms with Crippen molar-refractivity contribution >= 4 is 21.8 Å². The fraction of sp³-hybridized carbons (Fsp3) is 0.400. The van der Waals surface area contributed by atoms with Gasteiger partial charge in [-0.3, -0.25) is 0 Å². The molecule has 5 nitrogen and oxygen atoms in total. The predicted octanol–water partition coefficient (Wildman–Crippen LogP) is 3.27. The van der Waals surface area contributed by atoms with Gasteiger partial charge in [0.15, 0.2) is 5.76 Å². The molecule has 1 N–H and O–H groups in total. The number of benzene rings is 1. The van der Waals surface area contributed by atoms with Crippen molar-refractivity contribution < 1.29 is 12.9 Å². The maximum Gasteiger partial charge on any atom is 0.246 e. The van der Waals surface area contributed by atoms with Crippen LogP contribution in [-0.4, -0.2) is 18.8 Å². The number of thioether (sulfide) groups is 1. The van der Waals surface area contributed by atoms with Crippen molar-refractivity contribution in [1.29, 1.82) is 0 Å². The van der Waals surface area contributed by atoms with Crippen LogP contribution in [0.15, 0.2) is 38.6 Å². The summed E-state index contributed by atoms with van der Waals surface area (Å²) in [5, 5.41) is 4.20. The molecular weight excluding hydrogens is 320 g/mol. The summed E-state index contributed by atoms with van der Waals surface area (Å²) < 4.78 is 32.1. The molecule has 0 radical (unpaired) electrons. The minimum absolute atomic E-state index is 0.125. The van der Waals surface area contributed by atoms with Gasteiger partial charge in [-0.15, -0.1) is 11.8 Å². The van der Waals surface area contributed by atoms with E-state index in [0.717, 1.165) is 5.56 Å². The lowest BCUT2D eigenvalue weighted by Gasteiger charge is -2.08. The summed E-state index contributed by atoms with van der Waals surface area (Å²) in [7, 11) is -3.62. The third-order valence-electron chi connectivity index (χ3n) is 3.00. The molecule has 2 rings (SSSR count). The van der Waals surface area contributed by atoms with E-state index in [0.29, 0.717) is 16.7 Å². The van der Waals surface area contributed by atoms with Gasteiger partial charge in [0.25, 0.3) is 0 Å². The molecule has 7 heteroatoms. The van der Waals surface area contributed by atoms with Gasteiger partial charge in [0, 0.05) is 16.7 Å². The van der Waals surface area contributed by atoms with Gasteiger partial charge in [-0.25, -0.2) is 13.1 Å². The average molecular weight is 340 g/mol. The van der Waals surface area contributed by atoms with E-state index in [4.69, 9.17) is 4.52 Å². The molecule has 0 fully saturated rings. The van der Waals surface area contributed by atoms with Crippen LogP contribution in [0.25, 0.3) is 0 Å². The number of hydrogen-bond donors (Lipinski definition) is 1. The highest BCUT2D eigenvalue weighted by molar-refractivity contribution is 7.99. The van der Waals surface area contributed by atoms with E-state index in [1.54, 1.807) is 25.6 Å². The van der Waals surface area contributed by atoms with Crippen LogP contribution in [0.2, 0.25) is 0 Å². The fourth-order valence-electron chi connectivity index (χ4n) is 2.07. The van der Waals surface area contributed by atoms with Crippen molar-refractivity contribution in [2.75, 3.05) is 0 Å². The number of sulfonamides is 1. The minimum Gasteiger partial charge on any atom is -0.360 e. The van der Waals surface area contributed by atoms with Gasteiger partial charge in [-0.1, -0.05) is 31.1 Å². The van der Waals surface area contributed by atoms with Crippen LogP contribution in [0.5, 0.6) is 0 Å². The minimum atomic E-state index is -3.62. The van der Waals surface area contributed by atoms with Crippen LogP contribution in [0.1, 0.15) is 30.9 Å². The lowest BCUT2D eigenvalue weighted by Crippen LogP contribution is -2.24. The molecule has 22 heavy (non-hydrogen) atoms. The maximum absolute atomic E-state index is 12.3. The summed E-state index contributed by atoms with van der Waals surface area (Å²) >= 11 is 1.77. The Kier molecular flexibility index (Phi) is 5.31. The van der Waals surface area contributed by atoms with E-state index in [9.17, 15) is 8.42 Å². The van der Waals surface area contributed by atoms with Crippen LogP contribution < -0.4 is 4.72 Å². The molecule has 0 spiro atoms. The largest absolute Gasteiger partial charge is 0.360 e. The monoisotopic (exact) mass is 340 g/mol. The second-order valence-corrected chi connectivity index (χ2v) is 8.64. The Hall–Kier alpha value is -1.31. The predicted molar refractivity (Wildman–Crippen MR) is 87.4 cm³/mol. The smallest absolute Gasteiger partial charge is 0.246 e. The molecule has 0 saturated carbocycles. The standard InChI is InChI=1S/C15H20N2O3S2/c1-10(2)21-14-7-5-13(6-8-14)9-16-22(18,19)15-11(3)17-20-12(15)4/h5-8,10,16H,9H2,1-4H3. The summed E-state index contributed by atoms with van der Waals surface area (Å²) in [6.07, 6.45) is 0. The van der Waals surface area contributed by atoms with Crippen molar-refractivity contribution in [2.24, 2.45) is 0 Å². The third kappa shape index (κ3) is 4.12. The molecule has 0 unspecified atom stereocenters. The topological polar surface area (TPSA) is 72.2 Å². The Morgan fingerprint density at radius 3 is 2.36 bits per heavy atom. The lowest BCUT2D eigenvalue weighted by atomic mass is 10.2. The Labute approximate surface area is 135 Å². The number of rotatable bonds is 6. The van der Waals surface area contributed by atoms with Gasteiger partial charge in [-0.2, -0.15) is 0 Å². The molecule has 1 aromatic heterocycles. The van der Waals surface area contributed by atoms with Crippen LogP contribution in [0.3, 0.4) is 0 Å². The first-order valence-corrected chi connectivity index (χ1v) is 9.34. The highest BCUT2D eigenvalue weighted by Gasteiger charge is 2.23. The first kappa shape index (κ1) is 17.1. The zero-order chi connectivity index (χ0) is 16.3. The van der Waals surface area contributed by atoms with E-state index >= 15 is 0 Å². The highest BCUT2D eigenvalue weighted by Crippen LogP contribution is 2.23. The molecule has 1 aromatic carbocycles. The summed E-state index contributed by atoms with van der Waals surface area (Å²) in [4.78, 5) is 1.30. The van der Waals surface area contributed by atoms with Crippen LogP contribution >= 0.6 is 11.8 Å². The summed E-state index contributed by atoms with van der Waals surface area (Å²) in [6, 6.07) is 7.87. The Bertz CT molecular complexity index is 715. The first-order valence-electron chi connectivity index (χ1n) is 6.97. The molecule has 0 aliphatic rings. The summed E-state index contributed by atoms with van der Waals surface area (Å²) in [5.41, 5.74) is 1.28.